The van der Waals surface area contributed by atoms with Gasteiger partial charge in [0.2, 0.25) is 5.95 Å². The molecule has 3 aromatic heterocycles. The molecule has 8 aromatic carbocycles. The molecule has 0 saturated heterocycles. The normalized spacial score (nSPS) is 11.9. The fourth-order valence-electron chi connectivity index (χ4n) is 8.25. The van der Waals surface area contributed by atoms with Crippen molar-refractivity contribution in [1.29, 1.82) is 0 Å². The Balaban J connectivity index is 1.39. The predicted molar refractivity (Wildman–Crippen MR) is 215 cm³/mol. The number of benzene rings is 8. The van der Waals surface area contributed by atoms with Crippen LogP contribution in [0.15, 0.2) is 175 Å². The maximum Gasteiger partial charge on any atom is 0.265 e. The van der Waals surface area contributed by atoms with Crippen molar-refractivity contribution < 1.29 is 0 Å². The van der Waals surface area contributed by atoms with Gasteiger partial charge in [-0.1, -0.05) is 146 Å². The Labute approximate surface area is 297 Å². The number of fused-ring (bicyclic) bond motifs is 12. The van der Waals surface area contributed by atoms with Gasteiger partial charge in [-0.25, -0.2) is 9.97 Å². The van der Waals surface area contributed by atoms with Crippen molar-refractivity contribution >= 4 is 75.9 Å². The van der Waals surface area contributed by atoms with Crippen LogP contribution in [0.25, 0.3) is 98.8 Å². The van der Waals surface area contributed by atoms with Crippen LogP contribution in [0, 0.1) is 0 Å². The van der Waals surface area contributed by atoms with Gasteiger partial charge in [-0.3, -0.25) is 13.9 Å². The molecule has 0 radical (unpaired) electrons. The summed E-state index contributed by atoms with van der Waals surface area (Å²) in [7, 11) is 0. The second kappa shape index (κ2) is 10.9. The van der Waals surface area contributed by atoms with E-state index in [0.717, 1.165) is 87.5 Å². The second-order valence-electron chi connectivity index (χ2n) is 13.3. The first-order valence-corrected chi connectivity index (χ1v) is 17.5. The number of rotatable bonds is 3. The smallest absolute Gasteiger partial charge is 0.265 e. The van der Waals surface area contributed by atoms with Gasteiger partial charge < -0.3 is 0 Å². The number of para-hydroxylation sites is 2. The quantitative estimate of drug-likeness (QED) is 0.177. The lowest BCUT2D eigenvalue weighted by molar-refractivity contribution is 1.02. The Morgan fingerprint density at radius 2 is 1.00 bits per heavy atom. The fourth-order valence-corrected chi connectivity index (χ4v) is 8.25. The van der Waals surface area contributed by atoms with E-state index >= 15 is 4.79 Å². The summed E-state index contributed by atoms with van der Waals surface area (Å²) in [6.07, 6.45) is 0. The van der Waals surface area contributed by atoms with E-state index in [1.54, 1.807) is 0 Å². The molecule has 11 rings (SSSR count). The summed E-state index contributed by atoms with van der Waals surface area (Å²) in [5.41, 5.74) is 6.04. The van der Waals surface area contributed by atoms with Crippen molar-refractivity contribution in [2.24, 2.45) is 0 Å². The molecule has 0 aliphatic rings. The number of hydrogen-bond acceptors (Lipinski definition) is 3. The molecule has 52 heavy (non-hydrogen) atoms. The molecular formula is C47H28N4O. The van der Waals surface area contributed by atoms with E-state index in [4.69, 9.17) is 9.97 Å². The molecule has 242 valence electrons. The number of hydrogen-bond donors (Lipinski definition) is 0. The molecule has 0 bridgehead atoms. The Kier molecular flexibility index (Phi) is 6.04. The molecule has 0 aliphatic heterocycles. The van der Waals surface area contributed by atoms with Gasteiger partial charge in [0.1, 0.15) is 0 Å². The van der Waals surface area contributed by atoms with Crippen LogP contribution in [0.5, 0.6) is 0 Å². The van der Waals surface area contributed by atoms with Crippen LogP contribution in [0.3, 0.4) is 0 Å². The van der Waals surface area contributed by atoms with Crippen LogP contribution in [0.1, 0.15) is 0 Å². The zero-order chi connectivity index (χ0) is 34.3. The SMILES string of the molecule is O=c1c2c(ccc3c4ccc5ccccc5c4n(-c4nc(-c5ccccc5)c5c(ccc6ccccc65)n4)c32)c2ccccc2n1-c1ccccc1. The van der Waals surface area contributed by atoms with E-state index in [-0.39, 0.29) is 5.56 Å². The fraction of sp³-hybridized carbons (Fsp3) is 0. The summed E-state index contributed by atoms with van der Waals surface area (Å²) in [5.74, 6) is 0.518. The molecule has 3 heterocycles. The minimum atomic E-state index is -0.0890. The maximum absolute atomic E-state index is 15.2. The van der Waals surface area contributed by atoms with E-state index in [1.807, 2.05) is 71.3 Å². The molecule has 0 aliphatic carbocycles. The summed E-state index contributed by atoms with van der Waals surface area (Å²) >= 11 is 0. The largest absolute Gasteiger partial charge is 0.276 e. The minimum absolute atomic E-state index is 0.0890. The molecule has 0 fully saturated rings. The molecule has 0 saturated carbocycles. The van der Waals surface area contributed by atoms with Gasteiger partial charge in [0.25, 0.3) is 5.56 Å². The predicted octanol–water partition coefficient (Wildman–Crippen LogP) is 11.2. The average Bonchev–Trinajstić information content (AvgIpc) is 3.56. The van der Waals surface area contributed by atoms with Crippen LogP contribution in [0.4, 0.5) is 0 Å². The molecule has 0 N–H and O–H groups in total. The average molecular weight is 665 g/mol. The molecule has 5 nitrogen and oxygen atoms in total. The Morgan fingerprint density at radius 3 is 1.81 bits per heavy atom. The highest BCUT2D eigenvalue weighted by atomic mass is 16.1. The standard InChI is InChI=1S/C47H28N4O/c52-46-42-36(35-21-11-12-22-40(35)50(46)32-17-5-2-6-18-32)26-27-38-37-25-23-30-14-8-10-20-34(30)44(37)51(45(38)42)47-48-39-28-24-29-13-7-9-19-33(29)41(39)43(49-47)31-15-3-1-4-16-31/h1-28H. The van der Waals surface area contributed by atoms with Crippen molar-refractivity contribution in [1.82, 2.24) is 19.1 Å². The van der Waals surface area contributed by atoms with E-state index in [9.17, 15) is 0 Å². The number of nitrogens with zero attached hydrogens (tertiary/aromatic N) is 4. The molecule has 0 amide bonds. The highest BCUT2D eigenvalue weighted by Crippen LogP contribution is 2.41. The summed E-state index contributed by atoms with van der Waals surface area (Å²) < 4.78 is 4.00. The van der Waals surface area contributed by atoms with Crippen LogP contribution in [-0.2, 0) is 0 Å². The maximum atomic E-state index is 15.2. The van der Waals surface area contributed by atoms with Gasteiger partial charge in [-0.05, 0) is 45.8 Å². The third-order valence-electron chi connectivity index (χ3n) is 10.5. The van der Waals surface area contributed by atoms with Gasteiger partial charge >= 0.3 is 0 Å². The van der Waals surface area contributed by atoms with E-state index in [2.05, 4.69) is 108 Å². The second-order valence-corrected chi connectivity index (χ2v) is 13.3. The van der Waals surface area contributed by atoms with Crippen LogP contribution >= 0.6 is 0 Å². The topological polar surface area (TPSA) is 52.7 Å². The van der Waals surface area contributed by atoms with E-state index < -0.39 is 0 Å². The Hall–Kier alpha value is -7.11. The molecule has 0 atom stereocenters. The number of aromatic nitrogens is 4. The Morgan fingerprint density at radius 1 is 0.404 bits per heavy atom. The molecular weight excluding hydrogens is 637 g/mol. The first-order valence-electron chi connectivity index (χ1n) is 17.5. The first-order chi connectivity index (χ1) is 25.7. The lowest BCUT2D eigenvalue weighted by atomic mass is 10.0. The van der Waals surface area contributed by atoms with Crippen molar-refractivity contribution in [2.45, 2.75) is 0 Å². The van der Waals surface area contributed by atoms with Crippen molar-refractivity contribution in [2.75, 3.05) is 0 Å². The Bertz CT molecular complexity index is 3310. The van der Waals surface area contributed by atoms with Gasteiger partial charge in [-0.15, -0.1) is 0 Å². The van der Waals surface area contributed by atoms with Crippen LogP contribution < -0.4 is 5.56 Å². The molecule has 0 spiro atoms. The lowest BCUT2D eigenvalue weighted by Crippen LogP contribution is -2.20. The zero-order valence-corrected chi connectivity index (χ0v) is 27.9. The number of pyridine rings is 1. The van der Waals surface area contributed by atoms with Gasteiger partial charge in [-0.2, -0.15) is 0 Å². The van der Waals surface area contributed by atoms with Crippen molar-refractivity contribution in [3.63, 3.8) is 0 Å². The van der Waals surface area contributed by atoms with Crippen molar-refractivity contribution in [3.8, 4) is 22.9 Å². The van der Waals surface area contributed by atoms with Crippen LogP contribution in [-0.4, -0.2) is 19.1 Å². The lowest BCUT2D eigenvalue weighted by Gasteiger charge is -2.16. The summed E-state index contributed by atoms with van der Waals surface area (Å²) in [4.78, 5) is 26.1. The molecule has 11 aromatic rings. The summed E-state index contributed by atoms with van der Waals surface area (Å²) in [6.45, 7) is 0. The monoisotopic (exact) mass is 664 g/mol. The highest BCUT2D eigenvalue weighted by molar-refractivity contribution is 6.26. The first kappa shape index (κ1) is 28.7. The third kappa shape index (κ3) is 4.02. The molecule has 0 unspecified atom stereocenters. The van der Waals surface area contributed by atoms with E-state index in [0.29, 0.717) is 11.3 Å². The van der Waals surface area contributed by atoms with E-state index in [1.165, 1.54) is 0 Å². The van der Waals surface area contributed by atoms with Gasteiger partial charge in [0.05, 0.1) is 33.1 Å². The van der Waals surface area contributed by atoms with Gasteiger partial charge in [0, 0.05) is 38.2 Å². The van der Waals surface area contributed by atoms with Crippen molar-refractivity contribution in [3.05, 3.63) is 180 Å². The van der Waals surface area contributed by atoms with Gasteiger partial charge in [0.15, 0.2) is 0 Å². The third-order valence-corrected chi connectivity index (χ3v) is 10.5. The zero-order valence-electron chi connectivity index (χ0n) is 27.9. The summed E-state index contributed by atoms with van der Waals surface area (Å²) in [6, 6.07) is 58.1. The summed E-state index contributed by atoms with van der Waals surface area (Å²) in [5, 5.41) is 9.93. The molecule has 5 heteroatoms. The minimum Gasteiger partial charge on any atom is -0.276 e. The highest BCUT2D eigenvalue weighted by Gasteiger charge is 2.24. The van der Waals surface area contributed by atoms with Crippen LogP contribution in [0.2, 0.25) is 0 Å².